The first-order valence-electron chi connectivity index (χ1n) is 6.92. The topological polar surface area (TPSA) is 37.0 Å². The second kappa shape index (κ2) is 7.59. The number of nitrogens with zero attached hydrogens (tertiary/aromatic N) is 1. The van der Waals surface area contributed by atoms with Gasteiger partial charge in [0, 0.05) is 29.8 Å². The third kappa shape index (κ3) is 4.01. The summed E-state index contributed by atoms with van der Waals surface area (Å²) in [4.78, 5) is 4.11. The van der Waals surface area contributed by atoms with Crippen LogP contribution in [0.2, 0.25) is 0 Å². The van der Waals surface area contributed by atoms with Crippen LogP contribution in [0.3, 0.4) is 0 Å². The number of hydrogen-bond donors (Lipinski definition) is 2. The van der Waals surface area contributed by atoms with Gasteiger partial charge < -0.3 is 10.0 Å². The van der Waals surface area contributed by atoms with Crippen molar-refractivity contribution < 1.29 is 13.2 Å². The fourth-order valence-corrected chi connectivity index (χ4v) is 3.21. The van der Waals surface area contributed by atoms with Crippen LogP contribution in [0.4, 0.5) is 24.0 Å². The maximum Gasteiger partial charge on any atom is 0.192 e. The predicted molar refractivity (Wildman–Crippen MR) is 91.7 cm³/mol. The molecule has 0 aliphatic rings. The molecular weight excluding hydrogens is 355 g/mol. The first-order chi connectivity index (χ1) is 11.6. The minimum Gasteiger partial charge on any atom is -0.378 e. The van der Waals surface area contributed by atoms with E-state index in [0.717, 1.165) is 24.1 Å². The molecular formula is C16H12F3N3S2. The maximum atomic E-state index is 14.1. The van der Waals surface area contributed by atoms with Crippen molar-refractivity contribution in [1.29, 1.82) is 0 Å². The summed E-state index contributed by atoms with van der Waals surface area (Å²) < 4.78 is 44.6. The van der Waals surface area contributed by atoms with Gasteiger partial charge in [0.1, 0.15) is 17.5 Å². The second-order valence-corrected chi connectivity index (χ2v) is 6.49. The second-order valence-electron chi connectivity index (χ2n) is 4.75. The molecule has 3 aromatic rings. The molecule has 0 spiro atoms. The Morgan fingerprint density at radius 3 is 2.62 bits per heavy atom. The van der Waals surface area contributed by atoms with Crippen LogP contribution in [0.15, 0.2) is 52.9 Å². The third-order valence-electron chi connectivity index (χ3n) is 3.13. The van der Waals surface area contributed by atoms with Crippen LogP contribution in [-0.4, -0.2) is 4.98 Å². The van der Waals surface area contributed by atoms with Crippen LogP contribution >= 0.6 is 23.3 Å². The van der Waals surface area contributed by atoms with Crippen LogP contribution in [0.25, 0.3) is 0 Å². The number of thiazole rings is 1. The molecule has 124 valence electrons. The Hall–Kier alpha value is -2.19. The smallest absolute Gasteiger partial charge is 0.192 e. The Labute approximate surface area is 145 Å². The molecule has 0 saturated heterocycles. The van der Waals surface area contributed by atoms with E-state index in [1.165, 1.54) is 17.4 Å². The molecule has 0 amide bonds. The molecule has 0 bridgehead atoms. The van der Waals surface area contributed by atoms with Crippen molar-refractivity contribution in [2.45, 2.75) is 11.4 Å². The Morgan fingerprint density at radius 1 is 1.04 bits per heavy atom. The highest BCUT2D eigenvalue weighted by atomic mass is 32.2. The van der Waals surface area contributed by atoms with Gasteiger partial charge in [0.2, 0.25) is 0 Å². The number of halogens is 3. The van der Waals surface area contributed by atoms with Crippen LogP contribution in [-0.2, 0) is 6.54 Å². The average molecular weight is 367 g/mol. The number of nitrogens with one attached hydrogen (secondary N) is 2. The van der Waals surface area contributed by atoms with Gasteiger partial charge >= 0.3 is 0 Å². The highest BCUT2D eigenvalue weighted by Crippen LogP contribution is 2.29. The highest BCUT2D eigenvalue weighted by molar-refractivity contribution is 8.00. The van der Waals surface area contributed by atoms with Gasteiger partial charge in [-0.3, -0.25) is 0 Å². The van der Waals surface area contributed by atoms with Crippen molar-refractivity contribution in [1.82, 2.24) is 4.98 Å². The molecule has 0 radical (unpaired) electrons. The normalized spacial score (nSPS) is 10.6. The molecule has 0 saturated carbocycles. The SMILES string of the molecule is Fc1ccccc1CNc1cc(F)c(SNc2nccs2)cc1F. The zero-order chi connectivity index (χ0) is 16.9. The maximum absolute atomic E-state index is 14.1. The first kappa shape index (κ1) is 16.7. The molecule has 3 nitrogen and oxygen atoms in total. The Morgan fingerprint density at radius 2 is 1.88 bits per heavy atom. The average Bonchev–Trinajstić information content (AvgIpc) is 3.09. The number of benzene rings is 2. The number of rotatable bonds is 6. The van der Waals surface area contributed by atoms with E-state index >= 15 is 0 Å². The Kier molecular flexibility index (Phi) is 5.27. The van der Waals surface area contributed by atoms with Crippen molar-refractivity contribution >= 4 is 34.1 Å². The van der Waals surface area contributed by atoms with E-state index in [1.54, 1.807) is 29.8 Å². The van der Waals surface area contributed by atoms with Crippen molar-refractivity contribution in [2.75, 3.05) is 10.0 Å². The molecule has 1 heterocycles. The number of hydrogen-bond acceptors (Lipinski definition) is 5. The summed E-state index contributed by atoms with van der Waals surface area (Å²) in [5.41, 5.74) is 0.357. The monoisotopic (exact) mass is 367 g/mol. The molecule has 0 aliphatic carbocycles. The molecule has 8 heteroatoms. The van der Waals surface area contributed by atoms with E-state index < -0.39 is 17.5 Å². The standard InChI is InChI=1S/C16H12F3N3S2/c17-11-4-2-1-3-10(11)9-21-14-7-13(19)15(8-12(14)18)24-22-16-20-5-6-23-16/h1-8,21H,9H2,(H,20,22). The predicted octanol–water partition coefficient (Wildman–Crippen LogP) is 5.29. The fraction of sp³-hybridized carbons (Fsp3) is 0.0625. The van der Waals surface area contributed by atoms with Gasteiger partial charge in [-0.25, -0.2) is 18.2 Å². The summed E-state index contributed by atoms with van der Waals surface area (Å²) in [6.07, 6.45) is 1.61. The van der Waals surface area contributed by atoms with Crippen molar-refractivity contribution in [3.8, 4) is 0 Å². The number of anilines is 2. The van der Waals surface area contributed by atoms with Gasteiger partial charge in [-0.2, -0.15) is 0 Å². The van der Waals surface area contributed by atoms with Gasteiger partial charge in [-0.1, -0.05) is 18.2 Å². The summed E-state index contributed by atoms with van der Waals surface area (Å²) >= 11 is 2.30. The van der Waals surface area contributed by atoms with E-state index in [4.69, 9.17) is 0 Å². The first-order valence-corrected chi connectivity index (χ1v) is 8.62. The number of aromatic nitrogens is 1. The van der Waals surface area contributed by atoms with E-state index in [1.807, 2.05) is 0 Å². The summed E-state index contributed by atoms with van der Waals surface area (Å²) in [6, 6.07) is 8.30. The van der Waals surface area contributed by atoms with Crippen molar-refractivity contribution in [3.05, 3.63) is 71.0 Å². The lowest BCUT2D eigenvalue weighted by Crippen LogP contribution is -2.04. The lowest BCUT2D eigenvalue weighted by atomic mass is 10.2. The minimum atomic E-state index is -0.615. The minimum absolute atomic E-state index is 0.0191. The van der Waals surface area contributed by atoms with Crippen LogP contribution < -0.4 is 10.0 Å². The van der Waals surface area contributed by atoms with Gasteiger partial charge in [0.25, 0.3) is 0 Å². The van der Waals surface area contributed by atoms with Crippen molar-refractivity contribution in [3.63, 3.8) is 0 Å². The van der Waals surface area contributed by atoms with Gasteiger partial charge in [0.15, 0.2) is 5.13 Å². The lowest BCUT2D eigenvalue weighted by molar-refractivity contribution is 0.578. The molecule has 3 rings (SSSR count). The third-order valence-corrected chi connectivity index (χ3v) is 4.78. The molecule has 2 aromatic carbocycles. The summed E-state index contributed by atoms with van der Waals surface area (Å²) in [5.74, 6) is -1.59. The molecule has 1 aromatic heterocycles. The zero-order valence-corrected chi connectivity index (χ0v) is 13.9. The van der Waals surface area contributed by atoms with E-state index in [0.29, 0.717) is 10.7 Å². The largest absolute Gasteiger partial charge is 0.378 e. The lowest BCUT2D eigenvalue weighted by Gasteiger charge is -2.11. The highest BCUT2D eigenvalue weighted by Gasteiger charge is 2.12. The van der Waals surface area contributed by atoms with Gasteiger partial charge in [-0.05, 0) is 24.1 Å². The molecule has 0 fully saturated rings. The quantitative estimate of drug-likeness (QED) is 0.580. The Bertz CT molecular complexity index is 825. The molecule has 0 aliphatic heterocycles. The van der Waals surface area contributed by atoms with Crippen molar-refractivity contribution in [2.24, 2.45) is 0 Å². The Balaban J connectivity index is 1.69. The summed E-state index contributed by atoms with van der Waals surface area (Å²) in [6.45, 7) is 0.0624. The molecule has 0 unspecified atom stereocenters. The fourth-order valence-electron chi connectivity index (χ4n) is 1.95. The van der Waals surface area contributed by atoms with Crippen LogP contribution in [0, 0.1) is 17.5 Å². The summed E-state index contributed by atoms with van der Waals surface area (Å²) in [5, 5.41) is 5.08. The van der Waals surface area contributed by atoms with Gasteiger partial charge in [0.05, 0.1) is 10.6 Å². The zero-order valence-electron chi connectivity index (χ0n) is 12.2. The van der Waals surface area contributed by atoms with E-state index in [-0.39, 0.29) is 17.1 Å². The van der Waals surface area contributed by atoms with E-state index in [2.05, 4.69) is 15.0 Å². The summed E-state index contributed by atoms with van der Waals surface area (Å²) in [7, 11) is 0. The molecule has 24 heavy (non-hydrogen) atoms. The van der Waals surface area contributed by atoms with E-state index in [9.17, 15) is 13.2 Å². The van der Waals surface area contributed by atoms with Crippen LogP contribution in [0.1, 0.15) is 5.56 Å². The molecule has 2 N–H and O–H groups in total. The van der Waals surface area contributed by atoms with Gasteiger partial charge in [-0.15, -0.1) is 11.3 Å². The van der Waals surface area contributed by atoms with Crippen LogP contribution in [0.5, 0.6) is 0 Å². The molecule has 0 atom stereocenters.